The lowest BCUT2D eigenvalue weighted by Gasteiger charge is -2.05. The van der Waals surface area contributed by atoms with Crippen LogP contribution in [-0.2, 0) is 16.4 Å². The highest BCUT2D eigenvalue weighted by Crippen LogP contribution is 2.13. The standard InChI is InChI=1S/C11H12N4O4S/c1-2-8-12-6-10(14-8)20(18,19)15-9-5-3-4-7(13-9)11(16)17/h3-6H,2H2,1H3,(H,12,14)(H,13,15)(H,16,17). The third-order valence-electron chi connectivity index (χ3n) is 2.44. The van der Waals surface area contributed by atoms with Gasteiger partial charge >= 0.3 is 5.97 Å². The largest absolute Gasteiger partial charge is 0.477 e. The SMILES string of the molecule is CCc1ncc(S(=O)(=O)Nc2cccc(C(=O)O)n2)[nH]1. The van der Waals surface area contributed by atoms with Gasteiger partial charge in [0.1, 0.15) is 11.6 Å². The number of aryl methyl sites for hydroxylation is 1. The highest BCUT2D eigenvalue weighted by atomic mass is 32.2. The number of H-pyrrole nitrogens is 1. The Hall–Kier alpha value is -2.42. The molecule has 0 radical (unpaired) electrons. The van der Waals surface area contributed by atoms with Gasteiger partial charge in [-0.2, -0.15) is 8.42 Å². The third-order valence-corrected chi connectivity index (χ3v) is 3.70. The van der Waals surface area contributed by atoms with E-state index in [0.717, 1.165) is 0 Å². The molecule has 0 aliphatic rings. The molecule has 3 N–H and O–H groups in total. The topological polar surface area (TPSA) is 125 Å². The van der Waals surface area contributed by atoms with E-state index >= 15 is 0 Å². The van der Waals surface area contributed by atoms with Gasteiger partial charge in [0, 0.05) is 6.42 Å². The highest BCUT2D eigenvalue weighted by Gasteiger charge is 2.18. The summed E-state index contributed by atoms with van der Waals surface area (Å²) < 4.78 is 26.3. The fourth-order valence-electron chi connectivity index (χ4n) is 1.46. The Labute approximate surface area is 114 Å². The second kappa shape index (κ2) is 5.29. The molecule has 0 aliphatic heterocycles. The summed E-state index contributed by atoms with van der Waals surface area (Å²) in [7, 11) is -3.87. The van der Waals surface area contributed by atoms with Gasteiger partial charge in [-0.05, 0) is 12.1 Å². The first-order chi connectivity index (χ1) is 9.42. The molecular weight excluding hydrogens is 284 g/mol. The predicted octanol–water partition coefficient (Wildman–Crippen LogP) is 0.866. The molecule has 0 amide bonds. The van der Waals surface area contributed by atoms with Gasteiger partial charge in [-0.1, -0.05) is 13.0 Å². The van der Waals surface area contributed by atoms with Crippen LogP contribution in [0.25, 0.3) is 0 Å². The maximum Gasteiger partial charge on any atom is 0.354 e. The van der Waals surface area contributed by atoms with Crippen molar-refractivity contribution in [1.29, 1.82) is 0 Å². The molecule has 0 spiro atoms. The molecule has 0 unspecified atom stereocenters. The van der Waals surface area contributed by atoms with Crippen LogP contribution in [-0.4, -0.2) is 34.4 Å². The van der Waals surface area contributed by atoms with E-state index in [0.29, 0.717) is 12.2 Å². The average molecular weight is 296 g/mol. The van der Waals surface area contributed by atoms with E-state index in [2.05, 4.69) is 19.7 Å². The summed E-state index contributed by atoms with van der Waals surface area (Å²) in [6, 6.07) is 4.03. The number of rotatable bonds is 5. The summed E-state index contributed by atoms with van der Waals surface area (Å²) >= 11 is 0. The van der Waals surface area contributed by atoms with Crippen molar-refractivity contribution in [1.82, 2.24) is 15.0 Å². The molecule has 0 aliphatic carbocycles. The lowest BCUT2D eigenvalue weighted by molar-refractivity contribution is 0.0690. The maximum atomic E-state index is 12.0. The summed E-state index contributed by atoms with van der Waals surface area (Å²) in [5.41, 5.74) is -0.246. The Bertz CT molecular complexity index is 738. The summed E-state index contributed by atoms with van der Waals surface area (Å²) in [6.45, 7) is 1.83. The van der Waals surface area contributed by atoms with E-state index in [9.17, 15) is 13.2 Å². The number of imidazole rings is 1. The molecule has 0 bridgehead atoms. The summed E-state index contributed by atoms with van der Waals surface area (Å²) in [4.78, 5) is 21.0. The van der Waals surface area contributed by atoms with Gasteiger partial charge in [-0.3, -0.25) is 4.72 Å². The van der Waals surface area contributed by atoms with E-state index in [1.54, 1.807) is 0 Å². The molecule has 0 aromatic carbocycles. The Morgan fingerprint density at radius 3 is 2.80 bits per heavy atom. The van der Waals surface area contributed by atoms with Crippen molar-refractivity contribution in [3.63, 3.8) is 0 Å². The van der Waals surface area contributed by atoms with Gasteiger partial charge in [0.05, 0.1) is 6.20 Å². The number of nitrogens with one attached hydrogen (secondary N) is 2. The number of carboxylic acid groups (broad SMARTS) is 1. The molecule has 2 aromatic rings. The fraction of sp³-hybridized carbons (Fsp3) is 0.182. The Morgan fingerprint density at radius 2 is 2.20 bits per heavy atom. The van der Waals surface area contributed by atoms with Crippen molar-refractivity contribution >= 4 is 21.8 Å². The molecule has 0 saturated heterocycles. The van der Waals surface area contributed by atoms with Crippen molar-refractivity contribution in [2.45, 2.75) is 18.4 Å². The van der Waals surface area contributed by atoms with Gasteiger partial charge in [-0.25, -0.2) is 14.8 Å². The van der Waals surface area contributed by atoms with E-state index in [4.69, 9.17) is 5.11 Å². The number of carboxylic acids is 1. The average Bonchev–Trinajstić information content (AvgIpc) is 2.88. The molecule has 106 valence electrons. The lowest BCUT2D eigenvalue weighted by Crippen LogP contribution is -2.15. The number of aromatic amines is 1. The minimum absolute atomic E-state index is 0.0717. The van der Waals surface area contributed by atoms with E-state index < -0.39 is 16.0 Å². The molecule has 2 heterocycles. The normalized spacial score (nSPS) is 11.2. The fourth-order valence-corrected chi connectivity index (χ4v) is 2.41. The Morgan fingerprint density at radius 1 is 1.45 bits per heavy atom. The maximum absolute atomic E-state index is 12.0. The quantitative estimate of drug-likeness (QED) is 0.751. The molecule has 20 heavy (non-hydrogen) atoms. The van der Waals surface area contributed by atoms with Gasteiger partial charge in [0.2, 0.25) is 0 Å². The van der Waals surface area contributed by atoms with Gasteiger partial charge < -0.3 is 10.1 Å². The lowest BCUT2D eigenvalue weighted by atomic mass is 10.3. The molecule has 0 saturated carbocycles. The first kappa shape index (κ1) is 14.0. The smallest absolute Gasteiger partial charge is 0.354 e. The predicted molar refractivity (Wildman–Crippen MR) is 70.0 cm³/mol. The van der Waals surface area contributed by atoms with Crippen molar-refractivity contribution in [3.8, 4) is 0 Å². The van der Waals surface area contributed by atoms with E-state index in [1.165, 1.54) is 24.4 Å². The number of sulfonamides is 1. The van der Waals surface area contributed by atoms with Crippen LogP contribution < -0.4 is 4.72 Å². The van der Waals surface area contributed by atoms with E-state index in [1.807, 2.05) is 6.92 Å². The number of hydrogen-bond donors (Lipinski definition) is 3. The molecule has 2 aromatic heterocycles. The van der Waals surface area contributed by atoms with Crippen LogP contribution in [0.3, 0.4) is 0 Å². The van der Waals surface area contributed by atoms with Gasteiger partial charge in [0.15, 0.2) is 10.7 Å². The molecule has 9 heteroatoms. The van der Waals surface area contributed by atoms with Gasteiger partial charge in [-0.15, -0.1) is 0 Å². The first-order valence-electron chi connectivity index (χ1n) is 5.69. The van der Waals surface area contributed by atoms with Crippen molar-refractivity contribution < 1.29 is 18.3 Å². The zero-order chi connectivity index (χ0) is 14.8. The molecule has 2 rings (SSSR count). The molecule has 8 nitrogen and oxygen atoms in total. The number of nitrogens with zero attached hydrogens (tertiary/aromatic N) is 2. The summed E-state index contributed by atoms with van der Waals surface area (Å²) in [5.74, 6) is -0.768. The van der Waals surface area contributed by atoms with Crippen LogP contribution in [0.4, 0.5) is 5.82 Å². The minimum atomic E-state index is -3.87. The second-order valence-corrected chi connectivity index (χ2v) is 5.52. The van der Waals surface area contributed by atoms with Crippen LogP contribution in [0.1, 0.15) is 23.2 Å². The van der Waals surface area contributed by atoms with Gasteiger partial charge in [0.25, 0.3) is 10.0 Å². The first-order valence-corrected chi connectivity index (χ1v) is 7.17. The van der Waals surface area contributed by atoms with Crippen molar-refractivity contribution in [2.24, 2.45) is 0 Å². The number of carbonyl (C=O) groups is 1. The highest BCUT2D eigenvalue weighted by molar-refractivity contribution is 7.92. The summed E-state index contributed by atoms with van der Waals surface area (Å²) in [6.07, 6.45) is 1.77. The molecule has 0 atom stereocenters. The van der Waals surface area contributed by atoms with Crippen LogP contribution in [0.15, 0.2) is 29.4 Å². The zero-order valence-corrected chi connectivity index (χ0v) is 11.3. The third kappa shape index (κ3) is 2.94. The van der Waals surface area contributed by atoms with Crippen LogP contribution >= 0.6 is 0 Å². The molecule has 0 fully saturated rings. The number of pyridine rings is 1. The Balaban J connectivity index is 2.28. The zero-order valence-electron chi connectivity index (χ0n) is 10.5. The number of hydrogen-bond acceptors (Lipinski definition) is 5. The van der Waals surface area contributed by atoms with Crippen LogP contribution in [0, 0.1) is 0 Å². The molecular formula is C11H12N4O4S. The number of anilines is 1. The van der Waals surface area contributed by atoms with E-state index in [-0.39, 0.29) is 16.5 Å². The van der Waals surface area contributed by atoms with Crippen LogP contribution in [0.5, 0.6) is 0 Å². The van der Waals surface area contributed by atoms with Crippen molar-refractivity contribution in [3.05, 3.63) is 35.9 Å². The summed E-state index contributed by atoms with van der Waals surface area (Å²) in [5, 5.41) is 8.70. The second-order valence-electron chi connectivity index (χ2n) is 3.87. The van der Waals surface area contributed by atoms with Crippen LogP contribution in [0.2, 0.25) is 0 Å². The van der Waals surface area contributed by atoms with Crippen molar-refractivity contribution in [2.75, 3.05) is 4.72 Å². The Kier molecular flexibility index (Phi) is 3.70. The number of aromatic nitrogens is 3. The monoisotopic (exact) mass is 296 g/mol. The minimum Gasteiger partial charge on any atom is -0.477 e. The number of aromatic carboxylic acids is 1.